The van der Waals surface area contributed by atoms with Gasteiger partial charge in [-0.15, -0.1) is 11.8 Å². The van der Waals surface area contributed by atoms with Crippen molar-refractivity contribution in [3.63, 3.8) is 0 Å². The van der Waals surface area contributed by atoms with Crippen molar-refractivity contribution in [3.05, 3.63) is 0 Å². The van der Waals surface area contributed by atoms with E-state index in [0.29, 0.717) is 0 Å². The molecule has 0 radical (unpaired) electrons. The molecule has 0 aromatic heterocycles. The third-order valence-electron chi connectivity index (χ3n) is 2.13. The molecule has 0 fully saturated rings. The number of hydrogen-bond donors (Lipinski definition) is 0. The molecule has 0 spiro atoms. The molecular weight excluding hydrogens is 144 g/mol. The third-order valence-corrected chi connectivity index (χ3v) is 2.13. The summed E-state index contributed by atoms with van der Waals surface area (Å²) in [6.45, 7) is 12.8. The van der Waals surface area contributed by atoms with Crippen LogP contribution < -0.4 is 0 Å². The monoisotopic (exact) mass is 168 g/mol. The Bertz CT molecular complexity index is 117. The maximum absolute atomic E-state index is 2.68. The van der Waals surface area contributed by atoms with Gasteiger partial charge in [0.15, 0.2) is 0 Å². The van der Waals surface area contributed by atoms with Crippen molar-refractivity contribution in [1.29, 1.82) is 0 Å². The van der Waals surface area contributed by atoms with Gasteiger partial charge in [-0.3, -0.25) is 0 Å². The van der Waals surface area contributed by atoms with Crippen LogP contribution in [0.4, 0.5) is 0 Å². The minimum atomic E-state index is 0.870. The summed E-state index contributed by atoms with van der Waals surface area (Å²) in [7, 11) is 0. The molecule has 0 amide bonds. The van der Waals surface area contributed by atoms with E-state index in [0.717, 1.165) is 11.8 Å². The summed E-state index contributed by atoms with van der Waals surface area (Å²) in [5.41, 5.74) is 0. The molecule has 0 rings (SSSR count). The first-order chi connectivity index (χ1) is 5.59. The highest BCUT2D eigenvalue weighted by molar-refractivity contribution is 4.89. The zero-order chi connectivity index (χ0) is 9.98. The van der Waals surface area contributed by atoms with Gasteiger partial charge in [0, 0.05) is 0 Å². The Labute approximate surface area is 78.8 Å². The molecule has 0 heterocycles. The van der Waals surface area contributed by atoms with Crippen LogP contribution in [0.2, 0.25) is 0 Å². The van der Waals surface area contributed by atoms with Gasteiger partial charge in [0.2, 0.25) is 0 Å². The first-order valence-electron chi connectivity index (χ1n) is 4.93. The maximum Gasteiger partial charge on any atom is -0.00271 e. The SMILES string of the molecule is CC#CC.CCCC(C)C(C)C. The first kappa shape index (κ1) is 14.1. The Balaban J connectivity index is 0. The van der Waals surface area contributed by atoms with E-state index in [1.165, 1.54) is 12.8 Å². The Kier molecular flexibility index (Phi) is 12.4. The van der Waals surface area contributed by atoms with Crippen LogP contribution in [0.25, 0.3) is 0 Å². The molecule has 0 bridgehead atoms. The Morgan fingerprint density at radius 2 is 1.42 bits per heavy atom. The highest BCUT2D eigenvalue weighted by atomic mass is 14.1. The van der Waals surface area contributed by atoms with E-state index < -0.39 is 0 Å². The molecule has 0 aliphatic rings. The van der Waals surface area contributed by atoms with E-state index in [1.807, 2.05) is 13.8 Å². The van der Waals surface area contributed by atoms with Crippen LogP contribution in [0.5, 0.6) is 0 Å². The zero-order valence-corrected chi connectivity index (χ0v) is 9.57. The lowest BCUT2D eigenvalue weighted by atomic mass is 9.94. The number of hydrogen-bond acceptors (Lipinski definition) is 0. The van der Waals surface area contributed by atoms with Crippen LogP contribution in [-0.4, -0.2) is 0 Å². The molecule has 0 aliphatic carbocycles. The summed E-state index contributed by atoms with van der Waals surface area (Å²) in [6.07, 6.45) is 2.72. The summed E-state index contributed by atoms with van der Waals surface area (Å²) in [4.78, 5) is 0. The second kappa shape index (κ2) is 10.6. The van der Waals surface area contributed by atoms with Crippen LogP contribution in [0.3, 0.4) is 0 Å². The van der Waals surface area contributed by atoms with Crippen LogP contribution in [-0.2, 0) is 0 Å². The molecule has 0 saturated carbocycles. The summed E-state index contributed by atoms with van der Waals surface area (Å²) in [5, 5.41) is 0. The van der Waals surface area contributed by atoms with Crippen LogP contribution >= 0.6 is 0 Å². The van der Waals surface area contributed by atoms with Gasteiger partial charge in [-0.05, 0) is 25.7 Å². The van der Waals surface area contributed by atoms with Gasteiger partial charge in [0.25, 0.3) is 0 Å². The van der Waals surface area contributed by atoms with Crippen molar-refractivity contribution in [1.82, 2.24) is 0 Å². The van der Waals surface area contributed by atoms with Crippen molar-refractivity contribution in [2.45, 2.75) is 54.4 Å². The van der Waals surface area contributed by atoms with Crippen molar-refractivity contribution < 1.29 is 0 Å². The van der Waals surface area contributed by atoms with Crippen LogP contribution in [0.15, 0.2) is 0 Å². The lowest BCUT2D eigenvalue weighted by Crippen LogP contribution is -2.02. The fourth-order valence-electron chi connectivity index (χ4n) is 0.789. The molecular formula is C12H24. The zero-order valence-electron chi connectivity index (χ0n) is 9.57. The predicted molar refractivity (Wildman–Crippen MR) is 58.0 cm³/mol. The Morgan fingerprint density at radius 3 is 1.50 bits per heavy atom. The van der Waals surface area contributed by atoms with E-state index in [-0.39, 0.29) is 0 Å². The van der Waals surface area contributed by atoms with Crippen LogP contribution in [0.1, 0.15) is 54.4 Å². The fraction of sp³-hybridized carbons (Fsp3) is 0.833. The van der Waals surface area contributed by atoms with Crippen molar-refractivity contribution >= 4 is 0 Å². The summed E-state index contributed by atoms with van der Waals surface area (Å²) < 4.78 is 0. The van der Waals surface area contributed by atoms with E-state index >= 15 is 0 Å². The Hall–Kier alpha value is -0.440. The molecule has 0 nitrogen and oxygen atoms in total. The number of rotatable bonds is 3. The second-order valence-electron chi connectivity index (χ2n) is 3.51. The maximum atomic E-state index is 2.68. The standard InChI is InChI=1S/C8H18.C4H6/c1-5-6-8(4)7(2)3;1-3-4-2/h7-8H,5-6H2,1-4H3;1-2H3. The van der Waals surface area contributed by atoms with Gasteiger partial charge in [-0.2, -0.15) is 0 Å². The smallest absolute Gasteiger partial charge is 0.00271 e. The molecule has 0 aliphatic heterocycles. The lowest BCUT2D eigenvalue weighted by Gasteiger charge is -2.12. The highest BCUT2D eigenvalue weighted by Gasteiger charge is 2.03. The molecule has 0 aromatic carbocycles. The van der Waals surface area contributed by atoms with Gasteiger partial charge in [0.05, 0.1) is 0 Å². The van der Waals surface area contributed by atoms with E-state index in [4.69, 9.17) is 0 Å². The average Bonchev–Trinajstić information content (AvgIpc) is 2.05. The molecule has 12 heavy (non-hydrogen) atoms. The largest absolute Gasteiger partial charge is 0.107 e. The molecule has 72 valence electrons. The van der Waals surface area contributed by atoms with Crippen molar-refractivity contribution in [2.24, 2.45) is 11.8 Å². The quantitative estimate of drug-likeness (QED) is 0.556. The van der Waals surface area contributed by atoms with E-state index in [1.54, 1.807) is 0 Å². The normalized spacial score (nSPS) is 10.9. The van der Waals surface area contributed by atoms with Gasteiger partial charge in [0.1, 0.15) is 0 Å². The molecule has 0 saturated heterocycles. The lowest BCUT2D eigenvalue weighted by molar-refractivity contribution is 0.389. The van der Waals surface area contributed by atoms with Gasteiger partial charge in [-0.1, -0.05) is 40.5 Å². The first-order valence-corrected chi connectivity index (χ1v) is 4.93. The Morgan fingerprint density at radius 1 is 1.00 bits per heavy atom. The minimum absolute atomic E-state index is 0.870. The third kappa shape index (κ3) is 12.3. The molecule has 0 aromatic rings. The minimum Gasteiger partial charge on any atom is -0.107 e. The van der Waals surface area contributed by atoms with Crippen molar-refractivity contribution in [3.8, 4) is 11.8 Å². The molecule has 0 heteroatoms. The topological polar surface area (TPSA) is 0 Å². The fourth-order valence-corrected chi connectivity index (χ4v) is 0.789. The summed E-state index contributed by atoms with van der Waals surface area (Å²) in [6, 6.07) is 0. The average molecular weight is 168 g/mol. The van der Waals surface area contributed by atoms with Gasteiger partial charge < -0.3 is 0 Å². The van der Waals surface area contributed by atoms with Gasteiger partial charge in [-0.25, -0.2) is 0 Å². The molecule has 0 N–H and O–H groups in total. The van der Waals surface area contributed by atoms with E-state index in [2.05, 4.69) is 39.5 Å². The second-order valence-corrected chi connectivity index (χ2v) is 3.51. The molecule has 1 atom stereocenters. The van der Waals surface area contributed by atoms with E-state index in [9.17, 15) is 0 Å². The van der Waals surface area contributed by atoms with Crippen molar-refractivity contribution in [2.75, 3.05) is 0 Å². The highest BCUT2D eigenvalue weighted by Crippen LogP contribution is 2.14. The predicted octanol–water partition coefficient (Wildman–Crippen LogP) is 4.11. The van der Waals surface area contributed by atoms with Crippen LogP contribution in [0, 0.1) is 23.7 Å². The summed E-state index contributed by atoms with van der Waals surface area (Å²) in [5.74, 6) is 7.15. The summed E-state index contributed by atoms with van der Waals surface area (Å²) >= 11 is 0. The van der Waals surface area contributed by atoms with Gasteiger partial charge >= 0.3 is 0 Å². The molecule has 1 unspecified atom stereocenters.